The number of hydrogen-bond acceptors (Lipinski definition) is 8. The van der Waals surface area contributed by atoms with Gasteiger partial charge in [0.05, 0.1) is 0 Å². The van der Waals surface area contributed by atoms with Crippen molar-refractivity contribution in [2.75, 3.05) is 0 Å². The van der Waals surface area contributed by atoms with Crippen LogP contribution in [0.2, 0.25) is 0 Å². The van der Waals surface area contributed by atoms with Gasteiger partial charge < -0.3 is 0 Å². The van der Waals surface area contributed by atoms with Crippen LogP contribution in [0, 0.1) is 0 Å². The molecule has 16 rings (SSSR count). The van der Waals surface area contributed by atoms with Crippen LogP contribution in [0.3, 0.4) is 0 Å². The highest BCUT2D eigenvalue weighted by Crippen LogP contribution is 2.57. The van der Waals surface area contributed by atoms with Gasteiger partial charge in [-0.1, -0.05) is 182 Å². The fraction of sp³-hybridized carbons (Fsp3) is 0.0278. The molecule has 0 aliphatic heterocycles. The monoisotopic (exact) mass is 1020 g/mol. The first-order valence-corrected chi connectivity index (χ1v) is 26.8. The van der Waals surface area contributed by atoms with E-state index in [4.69, 9.17) is 29.9 Å². The normalized spacial score (nSPS) is 13.8. The summed E-state index contributed by atoms with van der Waals surface area (Å²) in [6.07, 6.45) is 7.26. The van der Waals surface area contributed by atoms with Crippen molar-refractivity contribution in [3.8, 4) is 113 Å². The summed E-state index contributed by atoms with van der Waals surface area (Å²) in [5.41, 5.74) is 22.4. The van der Waals surface area contributed by atoms with Crippen molar-refractivity contribution in [1.29, 1.82) is 0 Å². The van der Waals surface area contributed by atoms with Gasteiger partial charge in [-0.3, -0.25) is 9.97 Å². The predicted octanol–water partition coefficient (Wildman–Crippen LogP) is 16.5. The lowest BCUT2D eigenvalue weighted by atomic mass is 9.60. The highest BCUT2D eigenvalue weighted by molar-refractivity contribution is 5.80. The van der Waals surface area contributed by atoms with E-state index < -0.39 is 0 Å². The van der Waals surface area contributed by atoms with Gasteiger partial charge >= 0.3 is 0 Å². The average Bonchev–Trinajstić information content (AvgIpc) is 3.73. The quantitative estimate of drug-likeness (QED) is 0.133. The Labute approximate surface area is 463 Å². The zero-order chi connectivity index (χ0) is 52.9. The van der Waals surface area contributed by atoms with Crippen molar-refractivity contribution in [2.45, 2.75) is 11.8 Å². The summed E-state index contributed by atoms with van der Waals surface area (Å²) in [5.74, 6) is 3.85. The number of hydrogen-bond donors (Lipinski definition) is 0. The minimum absolute atomic E-state index is 0.0734. The van der Waals surface area contributed by atoms with Gasteiger partial charge in [-0.15, -0.1) is 0 Å². The summed E-state index contributed by atoms with van der Waals surface area (Å²) >= 11 is 0. The van der Waals surface area contributed by atoms with Gasteiger partial charge in [-0.05, 0) is 139 Å². The zero-order valence-corrected chi connectivity index (χ0v) is 43.1. The minimum atomic E-state index is 0.0734. The van der Waals surface area contributed by atoms with E-state index in [9.17, 15) is 0 Å². The maximum atomic E-state index is 5.17. The van der Waals surface area contributed by atoms with Crippen molar-refractivity contribution < 1.29 is 0 Å². The Kier molecular flexibility index (Phi) is 11.5. The highest BCUT2D eigenvalue weighted by Gasteiger charge is 2.41. The molecule has 0 radical (unpaired) electrons. The smallest absolute Gasteiger partial charge is 0.164 e. The lowest BCUT2D eigenvalue weighted by Gasteiger charge is -2.42. The van der Waals surface area contributed by atoms with Crippen LogP contribution in [0.4, 0.5) is 0 Å². The summed E-state index contributed by atoms with van der Waals surface area (Å²) in [6.45, 7) is 0. The number of pyridine rings is 2. The van der Waals surface area contributed by atoms with Crippen LogP contribution in [0.1, 0.15) is 45.2 Å². The number of aromatic nitrogens is 8. The molecule has 9 aromatic carbocycles. The molecule has 0 spiro atoms. The highest BCUT2D eigenvalue weighted by atomic mass is 15.0. The summed E-state index contributed by atoms with van der Waals surface area (Å²) < 4.78 is 0. The molecular weight excluding hydrogens is 977 g/mol. The lowest BCUT2D eigenvalue weighted by molar-refractivity contribution is 0.755. The number of rotatable bonds is 10. The molecule has 0 saturated heterocycles. The molecule has 0 saturated carbocycles. The molecule has 0 amide bonds. The Bertz CT molecular complexity index is 4200. The Morgan fingerprint density at radius 1 is 0.175 bits per heavy atom. The standard InChI is InChI=1S/C72H46N8/c1-3-13-47(14-4-1)67-75-69(55-21-9-17-49(39-55)45-31-35-73-36-32-45)79-71(77-67)57-23-11-19-51(41-57)53-27-29-61-63(43-53)65-59-25-7-8-26-60(59)66(61)64-44-54(28-30-62(64)65)52-20-12-24-58(42-52)72-78-68(48-15-5-2-6-16-48)76-70(80-72)56-22-10-18-50(40-56)46-33-37-74-38-34-46/h1-44,65-66H. The van der Waals surface area contributed by atoms with Crippen LogP contribution < -0.4 is 0 Å². The van der Waals surface area contributed by atoms with E-state index in [-0.39, 0.29) is 11.8 Å². The molecule has 80 heavy (non-hydrogen) atoms. The van der Waals surface area contributed by atoms with Crippen molar-refractivity contribution in [1.82, 2.24) is 39.9 Å². The maximum absolute atomic E-state index is 5.17. The summed E-state index contributed by atoms with van der Waals surface area (Å²) in [7, 11) is 0. The van der Waals surface area contributed by atoms with Crippen LogP contribution in [0.5, 0.6) is 0 Å². The van der Waals surface area contributed by atoms with Crippen LogP contribution >= 0.6 is 0 Å². The molecule has 0 fully saturated rings. The molecule has 2 bridgehead atoms. The predicted molar refractivity (Wildman–Crippen MR) is 318 cm³/mol. The Balaban J connectivity index is 0.777. The first-order valence-electron chi connectivity index (χ1n) is 26.8. The molecule has 0 N–H and O–H groups in total. The first-order chi connectivity index (χ1) is 39.6. The second kappa shape index (κ2) is 19.7. The summed E-state index contributed by atoms with van der Waals surface area (Å²) in [6, 6.07) is 85.4. The van der Waals surface area contributed by atoms with Crippen molar-refractivity contribution in [3.63, 3.8) is 0 Å². The molecular formula is C72H46N8. The second-order valence-corrected chi connectivity index (χ2v) is 20.3. The molecule has 13 aromatic rings. The average molecular weight is 1020 g/mol. The van der Waals surface area contributed by atoms with E-state index >= 15 is 0 Å². The lowest BCUT2D eigenvalue weighted by Crippen LogP contribution is -2.27. The van der Waals surface area contributed by atoms with E-state index in [2.05, 4.69) is 168 Å². The van der Waals surface area contributed by atoms with Crippen LogP contribution in [0.15, 0.2) is 267 Å². The second-order valence-electron chi connectivity index (χ2n) is 20.3. The Morgan fingerprint density at radius 2 is 0.438 bits per heavy atom. The molecule has 4 aromatic heterocycles. The fourth-order valence-corrected chi connectivity index (χ4v) is 11.7. The van der Waals surface area contributed by atoms with Gasteiger partial charge in [0.2, 0.25) is 0 Å². The maximum Gasteiger partial charge on any atom is 0.164 e. The van der Waals surface area contributed by atoms with E-state index in [0.717, 1.165) is 77.9 Å². The Hall–Kier alpha value is -10.7. The Morgan fingerprint density at radius 3 is 0.787 bits per heavy atom. The molecule has 2 unspecified atom stereocenters. The number of nitrogens with zero attached hydrogens (tertiary/aromatic N) is 8. The number of benzene rings is 9. The molecule has 3 aliphatic rings. The van der Waals surface area contributed by atoms with Gasteiger partial charge in [-0.2, -0.15) is 0 Å². The van der Waals surface area contributed by atoms with Gasteiger partial charge in [-0.25, -0.2) is 29.9 Å². The SMILES string of the molecule is c1ccc(-c2nc(-c3cccc(-c4ccncc4)c3)nc(-c3cccc(-c4ccc5c(c4)C4c6ccccc6C5c5cc(-c6cccc(-c7nc(-c8ccccc8)nc(-c8cccc(-c9ccncc9)c8)n7)c6)ccc54)c3)n2)cc1. The van der Waals surface area contributed by atoms with Gasteiger partial charge in [0.25, 0.3) is 0 Å². The minimum Gasteiger partial charge on any atom is -0.265 e. The van der Waals surface area contributed by atoms with E-state index in [1.165, 1.54) is 33.4 Å². The first kappa shape index (κ1) is 46.6. The van der Waals surface area contributed by atoms with Crippen molar-refractivity contribution in [2.24, 2.45) is 0 Å². The fourth-order valence-electron chi connectivity index (χ4n) is 11.7. The van der Waals surface area contributed by atoms with Gasteiger partial charge in [0.1, 0.15) is 0 Å². The van der Waals surface area contributed by atoms with Gasteiger partial charge in [0.15, 0.2) is 34.9 Å². The molecule has 374 valence electrons. The molecule has 2 atom stereocenters. The van der Waals surface area contributed by atoms with E-state index in [1.807, 2.05) is 110 Å². The topological polar surface area (TPSA) is 103 Å². The van der Waals surface area contributed by atoms with E-state index in [0.29, 0.717) is 34.9 Å². The summed E-state index contributed by atoms with van der Waals surface area (Å²) in [5, 5.41) is 0. The van der Waals surface area contributed by atoms with Crippen molar-refractivity contribution in [3.05, 3.63) is 301 Å². The zero-order valence-electron chi connectivity index (χ0n) is 43.1. The molecule has 4 heterocycles. The van der Waals surface area contributed by atoms with Crippen LogP contribution in [-0.2, 0) is 0 Å². The molecule has 3 aliphatic carbocycles. The van der Waals surface area contributed by atoms with Crippen LogP contribution in [0.25, 0.3) is 113 Å². The molecule has 8 nitrogen and oxygen atoms in total. The van der Waals surface area contributed by atoms with Crippen LogP contribution in [-0.4, -0.2) is 39.9 Å². The third-order valence-electron chi connectivity index (χ3n) is 15.5. The third-order valence-corrected chi connectivity index (χ3v) is 15.5. The van der Waals surface area contributed by atoms with E-state index in [1.54, 1.807) is 0 Å². The largest absolute Gasteiger partial charge is 0.265 e. The van der Waals surface area contributed by atoms with Crippen molar-refractivity contribution >= 4 is 0 Å². The third kappa shape index (κ3) is 8.52. The van der Waals surface area contributed by atoms with Gasteiger partial charge in [0, 0.05) is 70.0 Å². The molecule has 8 heteroatoms. The summed E-state index contributed by atoms with van der Waals surface area (Å²) in [4.78, 5) is 39.1.